The van der Waals surface area contributed by atoms with Gasteiger partial charge in [0.15, 0.2) is 11.8 Å². The predicted octanol–water partition coefficient (Wildman–Crippen LogP) is 6.24. The van der Waals surface area contributed by atoms with E-state index in [1.807, 2.05) is 34.6 Å². The molecule has 27 unspecified atom stereocenters. The van der Waals surface area contributed by atoms with Crippen molar-refractivity contribution in [2.45, 2.75) is 148 Å². The van der Waals surface area contributed by atoms with Crippen molar-refractivity contribution in [3.8, 4) is 11.8 Å². The average molecular weight is 916 g/mol. The Morgan fingerprint density at radius 1 is 0.652 bits per heavy atom. The molecule has 362 valence electrons. The van der Waals surface area contributed by atoms with Crippen LogP contribution in [0.1, 0.15) is 97.1 Å². The normalized spacial score (nSPS) is 52.2. The molecule has 12 aliphatic rings. The lowest BCUT2D eigenvalue weighted by atomic mass is 9.54. The zero-order valence-corrected chi connectivity index (χ0v) is 39.6. The third-order valence-electron chi connectivity index (χ3n) is 22.1. The summed E-state index contributed by atoms with van der Waals surface area (Å²) >= 11 is 0. The number of fused-ring (bicyclic) bond motifs is 27. The minimum atomic E-state index is -0.688. The number of esters is 2. The van der Waals surface area contributed by atoms with Gasteiger partial charge in [-0.1, -0.05) is 6.92 Å². The Balaban J connectivity index is 0.836. The lowest BCUT2D eigenvalue weighted by Crippen LogP contribution is -2.51. The van der Waals surface area contributed by atoms with Crippen LogP contribution in [0.25, 0.3) is 0 Å². The first kappa shape index (κ1) is 43.2. The molecule has 1 aromatic heterocycles. The van der Waals surface area contributed by atoms with E-state index in [1.165, 1.54) is 0 Å². The Kier molecular flexibility index (Phi) is 9.70. The number of aliphatic hydroxyl groups is 1. The van der Waals surface area contributed by atoms with Gasteiger partial charge in [0.25, 0.3) is 0 Å². The number of aromatic nitrogens is 1. The fourth-order valence-electron chi connectivity index (χ4n) is 20.4. The summed E-state index contributed by atoms with van der Waals surface area (Å²) in [5.74, 6) is 4.15. The SMILES string of the molecule is CCn1c(O)c(C)c(CC2C(CC3C(CC4C(C)C5OC4C4C6CC(CC6C(=O)OC(C)(C)C)C54)C4OC3C3C5CC(CC5C(=O)OCCO)C43)C3OC2C2C4CC(CC4C(=O)O)C32)c1O. The van der Waals surface area contributed by atoms with Gasteiger partial charge in [0.2, 0.25) is 0 Å². The van der Waals surface area contributed by atoms with E-state index in [9.17, 15) is 34.8 Å². The maximum Gasteiger partial charge on any atom is 0.309 e. The number of carboxylic acids is 1. The number of hydrogen-bond donors (Lipinski definition) is 4. The van der Waals surface area contributed by atoms with Crippen LogP contribution in [-0.4, -0.2) is 98.3 Å². The number of carbonyl (C=O) groups excluding carboxylic acids is 2. The minimum Gasteiger partial charge on any atom is -0.494 e. The van der Waals surface area contributed by atoms with Crippen LogP contribution >= 0.6 is 0 Å². The molecule has 0 amide bonds. The van der Waals surface area contributed by atoms with Gasteiger partial charge in [-0.15, -0.1) is 0 Å². The number of aliphatic hydroxyl groups excluding tert-OH is 1. The lowest BCUT2D eigenvalue weighted by molar-refractivity contribution is -0.163. The predicted molar refractivity (Wildman–Crippen MR) is 235 cm³/mol. The van der Waals surface area contributed by atoms with Crippen molar-refractivity contribution in [3.63, 3.8) is 0 Å². The van der Waals surface area contributed by atoms with Gasteiger partial charge in [-0.2, -0.15) is 0 Å². The molecule has 0 spiro atoms. The number of ether oxygens (including phenoxy) is 5. The number of rotatable bonds is 12. The number of nitrogens with zero attached hydrogens (tertiary/aromatic N) is 1. The van der Waals surface area contributed by atoms with Crippen LogP contribution in [0.3, 0.4) is 0 Å². The number of aliphatic carboxylic acids is 1. The maximum absolute atomic E-state index is 13.7. The molecule has 0 aromatic carbocycles. The molecule has 13 rings (SSSR count). The number of hydrogen-bond acceptors (Lipinski definition) is 11. The summed E-state index contributed by atoms with van der Waals surface area (Å²) in [4.78, 5) is 39.9. The Morgan fingerprint density at radius 3 is 1.67 bits per heavy atom. The van der Waals surface area contributed by atoms with Gasteiger partial charge in [-0.25, -0.2) is 0 Å². The van der Waals surface area contributed by atoms with Gasteiger partial charge < -0.3 is 44.1 Å². The highest BCUT2D eigenvalue weighted by Gasteiger charge is 2.75. The largest absolute Gasteiger partial charge is 0.494 e. The van der Waals surface area contributed by atoms with Crippen molar-refractivity contribution in [2.75, 3.05) is 13.2 Å². The van der Waals surface area contributed by atoms with E-state index in [4.69, 9.17) is 23.7 Å². The molecule has 1 aromatic rings. The topological polar surface area (TPSA) is 183 Å². The maximum atomic E-state index is 13.7. The molecule has 6 aliphatic carbocycles. The molecule has 6 saturated carbocycles. The third-order valence-corrected chi connectivity index (χ3v) is 22.1. The van der Waals surface area contributed by atoms with E-state index in [0.717, 1.165) is 56.9 Å². The van der Waals surface area contributed by atoms with Crippen LogP contribution < -0.4 is 0 Å². The standard InChI is InChI=1S/C53H73NO12/c1-7-54-48(56)20(3)25(49(54)57)17-30-31(45-37-21-10-26(33(13-21)50(58)59)39(37)46(30)65-45)18-32-29(44-38-23-12-27(41(38)47(32)64-44)34(14-23)51(60)62-9-8-55)16-24-19(2)42-36-22-11-28(40(36)43(24)63-42)35(15-22)52(61)66-53(4,5)6/h19,21-24,26-47,55-57H,7-18H2,1-6H3,(H,58,59). The number of aromatic hydroxyl groups is 2. The summed E-state index contributed by atoms with van der Waals surface area (Å²) in [7, 11) is 0. The molecule has 12 bridgehead atoms. The van der Waals surface area contributed by atoms with Crippen LogP contribution in [0.4, 0.5) is 0 Å². The first-order chi connectivity index (χ1) is 31.6. The number of carboxylic acid groups (broad SMARTS) is 1. The first-order valence-corrected chi connectivity index (χ1v) is 26.4. The van der Waals surface area contributed by atoms with Crippen LogP contribution in [0.15, 0.2) is 0 Å². The van der Waals surface area contributed by atoms with E-state index in [-0.39, 0.29) is 133 Å². The van der Waals surface area contributed by atoms with Crippen molar-refractivity contribution < 1.29 is 58.5 Å². The minimum absolute atomic E-state index is 0.000182. The van der Waals surface area contributed by atoms with Crippen molar-refractivity contribution >= 4 is 17.9 Å². The molecule has 13 nitrogen and oxygen atoms in total. The van der Waals surface area contributed by atoms with Gasteiger partial charge in [-0.05, 0) is 199 Å². The molecule has 6 saturated heterocycles. The van der Waals surface area contributed by atoms with Crippen molar-refractivity contribution in [2.24, 2.45) is 124 Å². The highest BCUT2D eigenvalue weighted by Crippen LogP contribution is 2.73. The Bertz CT molecular complexity index is 2180. The summed E-state index contributed by atoms with van der Waals surface area (Å²) < 4.78 is 35.0. The first-order valence-electron chi connectivity index (χ1n) is 26.4. The highest BCUT2D eigenvalue weighted by molar-refractivity contribution is 5.74. The summed E-state index contributed by atoms with van der Waals surface area (Å²) in [5.41, 5.74) is 0.955. The Labute approximate surface area is 388 Å². The lowest BCUT2D eigenvalue weighted by Gasteiger charge is -2.47. The summed E-state index contributed by atoms with van der Waals surface area (Å²) in [6.45, 7) is 12.4. The summed E-state index contributed by atoms with van der Waals surface area (Å²) in [6, 6.07) is 0. The molecule has 7 heterocycles. The molecule has 66 heavy (non-hydrogen) atoms. The van der Waals surface area contributed by atoms with Crippen molar-refractivity contribution in [3.05, 3.63) is 11.1 Å². The van der Waals surface area contributed by atoms with Crippen LogP contribution in [0, 0.1) is 131 Å². The summed E-state index contributed by atoms with van der Waals surface area (Å²) in [5, 5.41) is 42.7. The Hall–Kier alpha value is -2.87. The van der Waals surface area contributed by atoms with Gasteiger partial charge in [0.1, 0.15) is 12.2 Å². The molecule has 4 N–H and O–H groups in total. The van der Waals surface area contributed by atoms with E-state index in [0.29, 0.717) is 83.6 Å². The number of carbonyl (C=O) groups is 3. The van der Waals surface area contributed by atoms with Crippen molar-refractivity contribution in [1.29, 1.82) is 0 Å². The van der Waals surface area contributed by atoms with Crippen LogP contribution in [-0.2, 0) is 51.0 Å². The van der Waals surface area contributed by atoms with E-state index in [1.54, 1.807) is 4.57 Å². The fourth-order valence-corrected chi connectivity index (χ4v) is 20.4. The quantitative estimate of drug-likeness (QED) is 0.174. The fraction of sp³-hybridized carbons (Fsp3) is 0.868. The highest BCUT2D eigenvalue weighted by atomic mass is 16.6. The van der Waals surface area contributed by atoms with Crippen molar-refractivity contribution in [1.82, 2.24) is 4.57 Å². The average Bonchev–Trinajstić information content (AvgIpc) is 4.12. The van der Waals surface area contributed by atoms with E-state index in [2.05, 4.69) is 6.92 Å². The smallest absolute Gasteiger partial charge is 0.309 e. The van der Waals surface area contributed by atoms with Gasteiger partial charge in [0.05, 0.1) is 61.0 Å². The van der Waals surface area contributed by atoms with Gasteiger partial charge >= 0.3 is 17.9 Å². The molecule has 13 heteroatoms. The second kappa shape index (κ2) is 14.8. The van der Waals surface area contributed by atoms with Crippen LogP contribution in [0.5, 0.6) is 11.8 Å². The second-order valence-corrected chi connectivity index (χ2v) is 25.3. The Morgan fingerprint density at radius 2 is 1.12 bits per heavy atom. The van der Waals surface area contributed by atoms with Gasteiger partial charge in [0, 0.05) is 17.7 Å². The monoisotopic (exact) mass is 916 g/mol. The molecule has 12 fully saturated rings. The molecular formula is C53H73NO12. The molecule has 6 aliphatic heterocycles. The summed E-state index contributed by atoms with van der Waals surface area (Å²) in [6.07, 6.45) is 8.34. The molecule has 0 radical (unpaired) electrons. The zero-order valence-electron chi connectivity index (χ0n) is 39.6. The molecular weight excluding hydrogens is 843 g/mol. The van der Waals surface area contributed by atoms with Gasteiger partial charge in [-0.3, -0.25) is 19.0 Å². The second-order valence-electron chi connectivity index (χ2n) is 25.3. The zero-order chi connectivity index (χ0) is 45.7. The molecule has 27 atom stereocenters. The third kappa shape index (κ3) is 5.75. The van der Waals surface area contributed by atoms with E-state index >= 15 is 0 Å². The van der Waals surface area contributed by atoms with E-state index < -0.39 is 11.6 Å². The van der Waals surface area contributed by atoms with Crippen LogP contribution in [0.2, 0.25) is 0 Å².